The van der Waals surface area contributed by atoms with Gasteiger partial charge in [-0.3, -0.25) is 4.79 Å². The van der Waals surface area contributed by atoms with Gasteiger partial charge in [-0.25, -0.2) is 0 Å². The smallest absolute Gasteiger partial charge is 0.237 e. The van der Waals surface area contributed by atoms with Crippen LogP contribution in [0.1, 0.15) is 18.1 Å². The third-order valence-electron chi connectivity index (χ3n) is 4.36. The van der Waals surface area contributed by atoms with Crippen LogP contribution >= 0.6 is 0 Å². The van der Waals surface area contributed by atoms with Gasteiger partial charge in [0.25, 0.3) is 0 Å². The number of ether oxygens (including phenoxy) is 4. The zero-order chi connectivity index (χ0) is 19.2. The molecule has 1 aliphatic rings. The summed E-state index contributed by atoms with van der Waals surface area (Å²) in [5, 5.41) is 6.14. The fourth-order valence-corrected chi connectivity index (χ4v) is 2.75. The fraction of sp³-hybridized carbons (Fsp3) is 0.350. The average molecular weight is 372 g/mol. The molecule has 0 saturated carbocycles. The lowest BCUT2D eigenvalue weighted by atomic mass is 10.1. The van der Waals surface area contributed by atoms with E-state index in [2.05, 4.69) is 10.6 Å². The van der Waals surface area contributed by atoms with Crippen molar-refractivity contribution >= 4 is 5.91 Å². The van der Waals surface area contributed by atoms with E-state index in [-0.39, 0.29) is 18.7 Å². The van der Waals surface area contributed by atoms with E-state index in [0.717, 1.165) is 16.9 Å². The highest BCUT2D eigenvalue weighted by atomic mass is 16.7. The van der Waals surface area contributed by atoms with Crippen molar-refractivity contribution in [3.05, 3.63) is 47.5 Å². The molecule has 0 aliphatic carbocycles. The maximum Gasteiger partial charge on any atom is 0.237 e. The number of nitrogens with one attached hydrogen (secondary N) is 2. The molecular formula is C20H24N2O5. The van der Waals surface area contributed by atoms with Crippen LogP contribution in [0.25, 0.3) is 0 Å². The Morgan fingerprint density at radius 3 is 2.48 bits per heavy atom. The van der Waals surface area contributed by atoms with Gasteiger partial charge in [-0.2, -0.15) is 0 Å². The monoisotopic (exact) mass is 372 g/mol. The molecule has 144 valence electrons. The van der Waals surface area contributed by atoms with E-state index in [0.29, 0.717) is 30.3 Å². The third-order valence-corrected chi connectivity index (χ3v) is 4.36. The van der Waals surface area contributed by atoms with Crippen LogP contribution in [-0.4, -0.2) is 33.0 Å². The Labute approximate surface area is 158 Å². The molecule has 0 saturated heterocycles. The number of hydrogen-bond donors (Lipinski definition) is 2. The first-order chi connectivity index (χ1) is 13.1. The van der Waals surface area contributed by atoms with Crippen molar-refractivity contribution in [2.24, 2.45) is 0 Å². The Kier molecular flexibility index (Phi) is 6.03. The van der Waals surface area contributed by atoms with E-state index in [4.69, 9.17) is 18.9 Å². The molecule has 2 aromatic rings. The van der Waals surface area contributed by atoms with Crippen LogP contribution in [0.4, 0.5) is 0 Å². The highest BCUT2D eigenvalue weighted by molar-refractivity contribution is 5.81. The van der Waals surface area contributed by atoms with Crippen LogP contribution < -0.4 is 29.6 Å². The third kappa shape index (κ3) is 4.62. The molecule has 0 spiro atoms. The first-order valence-electron chi connectivity index (χ1n) is 8.71. The minimum Gasteiger partial charge on any atom is -0.493 e. The molecule has 1 atom stereocenters. The van der Waals surface area contributed by atoms with Gasteiger partial charge < -0.3 is 29.6 Å². The Balaban J connectivity index is 1.49. The molecule has 3 rings (SSSR count). The Morgan fingerprint density at radius 1 is 1.00 bits per heavy atom. The van der Waals surface area contributed by atoms with Crippen LogP contribution in [0, 0.1) is 0 Å². The van der Waals surface area contributed by atoms with E-state index >= 15 is 0 Å². The molecule has 0 bridgehead atoms. The van der Waals surface area contributed by atoms with Crippen LogP contribution in [0.3, 0.4) is 0 Å². The number of fused-ring (bicyclic) bond motifs is 1. The van der Waals surface area contributed by atoms with Gasteiger partial charge >= 0.3 is 0 Å². The summed E-state index contributed by atoms with van der Waals surface area (Å²) in [6.07, 6.45) is 0. The number of carbonyl (C=O) groups excluding carboxylic acids is 1. The summed E-state index contributed by atoms with van der Waals surface area (Å²) < 4.78 is 21.2. The van der Waals surface area contributed by atoms with Gasteiger partial charge in [-0.15, -0.1) is 0 Å². The summed E-state index contributed by atoms with van der Waals surface area (Å²) in [6, 6.07) is 11.0. The number of amides is 1. The Morgan fingerprint density at radius 2 is 1.70 bits per heavy atom. The van der Waals surface area contributed by atoms with Crippen molar-refractivity contribution in [2.75, 3.05) is 21.0 Å². The van der Waals surface area contributed by atoms with E-state index < -0.39 is 0 Å². The normalized spacial score (nSPS) is 13.1. The topological polar surface area (TPSA) is 78.1 Å². The van der Waals surface area contributed by atoms with Gasteiger partial charge in [0.15, 0.2) is 23.0 Å². The molecule has 1 heterocycles. The van der Waals surface area contributed by atoms with E-state index in [1.165, 1.54) is 0 Å². The molecular weight excluding hydrogens is 348 g/mol. The quantitative estimate of drug-likeness (QED) is 0.740. The van der Waals surface area contributed by atoms with Crippen molar-refractivity contribution in [1.29, 1.82) is 0 Å². The predicted octanol–water partition coefficient (Wildman–Crippen LogP) is 2.23. The molecule has 7 nitrogen and oxygen atoms in total. The number of methoxy groups -OCH3 is 2. The lowest BCUT2D eigenvalue weighted by molar-refractivity contribution is -0.122. The number of carbonyl (C=O) groups is 1. The van der Waals surface area contributed by atoms with Crippen molar-refractivity contribution in [3.8, 4) is 23.0 Å². The largest absolute Gasteiger partial charge is 0.493 e. The van der Waals surface area contributed by atoms with Gasteiger partial charge in [0.05, 0.1) is 20.3 Å². The molecule has 27 heavy (non-hydrogen) atoms. The second-order valence-corrected chi connectivity index (χ2v) is 6.20. The molecule has 0 fully saturated rings. The fourth-order valence-electron chi connectivity index (χ4n) is 2.75. The number of benzene rings is 2. The highest BCUT2D eigenvalue weighted by Crippen LogP contribution is 2.32. The summed E-state index contributed by atoms with van der Waals surface area (Å²) in [6.45, 7) is 3.04. The first kappa shape index (κ1) is 18.8. The minimum atomic E-state index is -0.341. The van der Waals surface area contributed by atoms with Gasteiger partial charge in [0.2, 0.25) is 12.7 Å². The first-order valence-corrected chi connectivity index (χ1v) is 8.71. The summed E-state index contributed by atoms with van der Waals surface area (Å²) in [5.41, 5.74) is 1.96. The Bertz CT molecular complexity index is 809. The zero-order valence-corrected chi connectivity index (χ0v) is 15.7. The second kappa shape index (κ2) is 8.64. The summed E-state index contributed by atoms with van der Waals surface area (Å²) in [4.78, 5) is 12.3. The van der Waals surface area contributed by atoms with Gasteiger partial charge in [0.1, 0.15) is 0 Å². The van der Waals surface area contributed by atoms with Gasteiger partial charge in [-0.1, -0.05) is 12.1 Å². The highest BCUT2D eigenvalue weighted by Gasteiger charge is 2.15. The van der Waals surface area contributed by atoms with Crippen molar-refractivity contribution in [3.63, 3.8) is 0 Å². The maximum atomic E-state index is 12.3. The molecule has 1 aliphatic heterocycles. The van der Waals surface area contributed by atoms with E-state index in [1.807, 2.05) is 43.3 Å². The van der Waals surface area contributed by atoms with Crippen molar-refractivity contribution in [1.82, 2.24) is 10.6 Å². The molecule has 7 heteroatoms. The molecule has 2 N–H and O–H groups in total. The lowest BCUT2D eigenvalue weighted by Crippen LogP contribution is -2.41. The number of rotatable bonds is 8. The molecule has 1 amide bonds. The summed E-state index contributed by atoms with van der Waals surface area (Å²) in [7, 11) is 3.20. The zero-order valence-electron chi connectivity index (χ0n) is 15.7. The molecule has 2 aromatic carbocycles. The van der Waals surface area contributed by atoms with Crippen molar-refractivity contribution < 1.29 is 23.7 Å². The predicted molar refractivity (Wildman–Crippen MR) is 100 cm³/mol. The second-order valence-electron chi connectivity index (χ2n) is 6.20. The minimum absolute atomic E-state index is 0.0758. The summed E-state index contributed by atoms with van der Waals surface area (Å²) in [5.74, 6) is 2.71. The molecule has 0 radical (unpaired) electrons. The van der Waals surface area contributed by atoms with Gasteiger partial charge in [0, 0.05) is 13.1 Å². The SMILES string of the molecule is COc1ccc(CN[C@H](C)C(=O)NCc2ccc3c(c2)OCO3)cc1OC. The van der Waals surface area contributed by atoms with Crippen LogP contribution in [-0.2, 0) is 17.9 Å². The van der Waals surface area contributed by atoms with E-state index in [1.54, 1.807) is 14.2 Å². The molecule has 0 unspecified atom stereocenters. The van der Waals surface area contributed by atoms with Gasteiger partial charge in [-0.05, 0) is 42.3 Å². The van der Waals surface area contributed by atoms with Crippen LogP contribution in [0.5, 0.6) is 23.0 Å². The lowest BCUT2D eigenvalue weighted by Gasteiger charge is -2.15. The number of hydrogen-bond acceptors (Lipinski definition) is 6. The maximum absolute atomic E-state index is 12.3. The van der Waals surface area contributed by atoms with E-state index in [9.17, 15) is 4.79 Å². The van der Waals surface area contributed by atoms with Crippen LogP contribution in [0.2, 0.25) is 0 Å². The summed E-state index contributed by atoms with van der Waals surface area (Å²) >= 11 is 0. The Hall–Kier alpha value is -2.93. The molecule has 0 aromatic heterocycles. The van der Waals surface area contributed by atoms with Crippen LogP contribution in [0.15, 0.2) is 36.4 Å². The average Bonchev–Trinajstić information content (AvgIpc) is 3.17. The standard InChI is InChI=1S/C20H24N2O5/c1-13(21-10-14-4-6-16(24-2)18(8-14)25-3)20(23)22-11-15-5-7-17-19(9-15)27-12-26-17/h4-9,13,21H,10-12H2,1-3H3,(H,22,23)/t13-/m1/s1. The van der Waals surface area contributed by atoms with Crippen molar-refractivity contribution in [2.45, 2.75) is 26.1 Å².